The van der Waals surface area contributed by atoms with Crippen molar-refractivity contribution < 1.29 is 17.9 Å². The van der Waals surface area contributed by atoms with Gasteiger partial charge in [0.25, 0.3) is 10.0 Å². The van der Waals surface area contributed by atoms with E-state index in [9.17, 15) is 13.2 Å². The molecule has 0 bridgehead atoms. The number of benzene rings is 2. The highest BCUT2D eigenvalue weighted by Crippen LogP contribution is 2.29. The van der Waals surface area contributed by atoms with E-state index in [2.05, 4.69) is 26.0 Å². The van der Waals surface area contributed by atoms with Crippen molar-refractivity contribution in [1.82, 2.24) is 0 Å². The molecule has 0 saturated heterocycles. The molecule has 0 heterocycles. The maximum absolute atomic E-state index is 12.6. The van der Waals surface area contributed by atoms with Gasteiger partial charge >= 0.3 is 0 Å². The van der Waals surface area contributed by atoms with E-state index in [4.69, 9.17) is 4.74 Å². The van der Waals surface area contributed by atoms with Gasteiger partial charge in [-0.25, -0.2) is 8.42 Å². The van der Waals surface area contributed by atoms with Crippen LogP contribution in [0.5, 0.6) is 5.75 Å². The molecule has 2 aromatic rings. The van der Waals surface area contributed by atoms with E-state index in [0.29, 0.717) is 11.4 Å². The van der Waals surface area contributed by atoms with Crippen LogP contribution in [0.2, 0.25) is 0 Å². The molecule has 0 atom stereocenters. The molecule has 0 aliphatic rings. The van der Waals surface area contributed by atoms with Crippen LogP contribution in [-0.2, 0) is 14.8 Å². The first-order valence-corrected chi connectivity index (χ1v) is 9.25. The van der Waals surface area contributed by atoms with Crippen LogP contribution < -0.4 is 14.8 Å². The Kier molecular flexibility index (Phi) is 5.51. The summed E-state index contributed by atoms with van der Waals surface area (Å²) in [5.74, 6) is -0.00637. The number of amides is 1. The summed E-state index contributed by atoms with van der Waals surface area (Å²) in [4.78, 5) is 11.2. The second kappa shape index (κ2) is 7.23. The van der Waals surface area contributed by atoms with E-state index in [-0.39, 0.29) is 16.6 Å². The summed E-state index contributed by atoms with van der Waals surface area (Å²) in [7, 11) is -2.38. The summed E-state index contributed by atoms with van der Waals surface area (Å²) in [5.41, 5.74) is 1.68. The number of carbonyl (C=O) groups excluding carboxylic acids is 1. The highest BCUT2D eigenvalue weighted by molar-refractivity contribution is 9.10. The zero-order chi connectivity index (χ0) is 17.9. The van der Waals surface area contributed by atoms with Crippen molar-refractivity contribution in [1.29, 1.82) is 0 Å². The van der Waals surface area contributed by atoms with E-state index in [1.165, 1.54) is 32.2 Å². The Balaban J connectivity index is 2.36. The molecule has 24 heavy (non-hydrogen) atoms. The maximum atomic E-state index is 12.6. The summed E-state index contributed by atoms with van der Waals surface area (Å²) < 4.78 is 33.7. The van der Waals surface area contributed by atoms with Crippen molar-refractivity contribution in [2.24, 2.45) is 0 Å². The fourth-order valence-corrected chi connectivity index (χ4v) is 3.70. The Bertz CT molecular complexity index is 882. The monoisotopic (exact) mass is 412 g/mol. The van der Waals surface area contributed by atoms with Gasteiger partial charge in [0.05, 0.1) is 23.4 Å². The van der Waals surface area contributed by atoms with Gasteiger partial charge in [-0.2, -0.15) is 0 Å². The molecular formula is C16H17BrN2O4S. The van der Waals surface area contributed by atoms with Crippen LogP contribution in [0.4, 0.5) is 11.4 Å². The summed E-state index contributed by atoms with van der Waals surface area (Å²) in [6.45, 7) is 3.17. The Morgan fingerprint density at radius 1 is 1.12 bits per heavy atom. The molecule has 2 aromatic carbocycles. The third kappa shape index (κ3) is 4.27. The Hall–Kier alpha value is -2.06. The van der Waals surface area contributed by atoms with E-state index >= 15 is 0 Å². The fourth-order valence-electron chi connectivity index (χ4n) is 2.08. The lowest BCUT2D eigenvalue weighted by molar-refractivity contribution is -0.114. The van der Waals surface area contributed by atoms with Crippen molar-refractivity contribution >= 4 is 43.2 Å². The van der Waals surface area contributed by atoms with E-state index in [1.807, 2.05) is 13.0 Å². The van der Waals surface area contributed by atoms with Gasteiger partial charge in [0.15, 0.2) is 0 Å². The predicted molar refractivity (Wildman–Crippen MR) is 97.0 cm³/mol. The van der Waals surface area contributed by atoms with E-state index in [0.717, 1.165) is 10.0 Å². The minimum Gasteiger partial charge on any atom is -0.495 e. The van der Waals surface area contributed by atoms with Crippen LogP contribution in [0.3, 0.4) is 0 Å². The minimum atomic E-state index is -3.78. The Morgan fingerprint density at radius 3 is 2.38 bits per heavy atom. The number of nitrogens with one attached hydrogen (secondary N) is 2. The van der Waals surface area contributed by atoms with Gasteiger partial charge in [-0.3, -0.25) is 9.52 Å². The number of hydrogen-bond donors (Lipinski definition) is 2. The molecule has 1 amide bonds. The number of anilines is 2. The Morgan fingerprint density at radius 2 is 1.79 bits per heavy atom. The molecule has 2 N–H and O–H groups in total. The summed E-state index contributed by atoms with van der Waals surface area (Å²) in [6, 6.07) is 9.51. The average molecular weight is 413 g/mol. The van der Waals surface area contributed by atoms with Gasteiger partial charge in [-0.15, -0.1) is 0 Å². The summed E-state index contributed by atoms with van der Waals surface area (Å²) >= 11 is 3.34. The first-order chi connectivity index (χ1) is 11.2. The number of sulfonamides is 1. The lowest BCUT2D eigenvalue weighted by atomic mass is 10.2. The number of rotatable bonds is 5. The third-order valence-corrected chi connectivity index (χ3v) is 5.08. The minimum absolute atomic E-state index is 0.0378. The van der Waals surface area contributed by atoms with Crippen molar-refractivity contribution in [2.45, 2.75) is 18.7 Å². The Labute approximate surface area is 149 Å². The molecule has 0 aromatic heterocycles. The van der Waals surface area contributed by atoms with Crippen LogP contribution in [0.25, 0.3) is 0 Å². The number of ether oxygens (including phenoxy) is 1. The SMILES string of the molecule is COc1cc(S(=O)(=O)Nc2ccc(Br)cc2C)ccc1NC(C)=O. The van der Waals surface area contributed by atoms with Crippen molar-refractivity contribution in [3.8, 4) is 5.75 Å². The predicted octanol–water partition coefficient (Wildman–Crippen LogP) is 3.53. The molecule has 0 spiro atoms. The largest absolute Gasteiger partial charge is 0.495 e. The lowest BCUT2D eigenvalue weighted by Crippen LogP contribution is -2.14. The first-order valence-electron chi connectivity index (χ1n) is 6.97. The van der Waals surface area contributed by atoms with Gasteiger partial charge < -0.3 is 10.1 Å². The second-order valence-corrected chi connectivity index (χ2v) is 7.71. The van der Waals surface area contributed by atoms with Gasteiger partial charge in [0.1, 0.15) is 5.75 Å². The number of halogens is 1. The van der Waals surface area contributed by atoms with Crippen molar-refractivity contribution in [3.05, 3.63) is 46.4 Å². The zero-order valence-electron chi connectivity index (χ0n) is 13.4. The lowest BCUT2D eigenvalue weighted by Gasteiger charge is -2.13. The number of aryl methyl sites for hydroxylation is 1. The van der Waals surface area contributed by atoms with Crippen LogP contribution in [0.15, 0.2) is 45.8 Å². The number of methoxy groups -OCH3 is 1. The smallest absolute Gasteiger partial charge is 0.262 e. The molecule has 128 valence electrons. The third-order valence-electron chi connectivity index (χ3n) is 3.23. The zero-order valence-corrected chi connectivity index (χ0v) is 15.8. The van der Waals surface area contributed by atoms with Crippen molar-refractivity contribution in [2.75, 3.05) is 17.1 Å². The van der Waals surface area contributed by atoms with Crippen molar-refractivity contribution in [3.63, 3.8) is 0 Å². The highest BCUT2D eigenvalue weighted by atomic mass is 79.9. The van der Waals surface area contributed by atoms with E-state index < -0.39 is 10.0 Å². The van der Waals surface area contributed by atoms with Crippen LogP contribution in [0.1, 0.15) is 12.5 Å². The molecule has 8 heteroatoms. The summed E-state index contributed by atoms with van der Waals surface area (Å²) in [6.07, 6.45) is 0. The van der Waals surface area contributed by atoms with Gasteiger partial charge in [-0.05, 0) is 42.8 Å². The van der Waals surface area contributed by atoms with Gasteiger partial charge in [0.2, 0.25) is 5.91 Å². The molecule has 0 aliphatic carbocycles. The molecule has 2 rings (SSSR count). The topological polar surface area (TPSA) is 84.5 Å². The van der Waals surface area contributed by atoms with Gasteiger partial charge in [0, 0.05) is 17.5 Å². The van der Waals surface area contributed by atoms with Gasteiger partial charge in [-0.1, -0.05) is 15.9 Å². The average Bonchev–Trinajstić information content (AvgIpc) is 2.49. The fraction of sp³-hybridized carbons (Fsp3) is 0.188. The normalized spacial score (nSPS) is 11.0. The maximum Gasteiger partial charge on any atom is 0.262 e. The molecular weight excluding hydrogens is 396 g/mol. The molecule has 6 nitrogen and oxygen atoms in total. The molecule has 0 saturated carbocycles. The highest BCUT2D eigenvalue weighted by Gasteiger charge is 2.18. The standard InChI is InChI=1S/C16H17BrN2O4S/c1-10-8-12(17)4-6-14(10)19-24(21,22)13-5-7-15(18-11(2)20)16(9-13)23-3/h4-9,19H,1-3H3,(H,18,20). The number of carbonyl (C=O) groups is 1. The molecule has 0 aliphatic heterocycles. The van der Waals surface area contributed by atoms with Crippen LogP contribution in [0, 0.1) is 6.92 Å². The summed E-state index contributed by atoms with van der Waals surface area (Å²) in [5, 5.41) is 2.58. The quantitative estimate of drug-likeness (QED) is 0.786. The first kappa shape index (κ1) is 18.3. The van der Waals surface area contributed by atoms with E-state index in [1.54, 1.807) is 12.1 Å². The number of hydrogen-bond acceptors (Lipinski definition) is 4. The molecule has 0 unspecified atom stereocenters. The second-order valence-electron chi connectivity index (χ2n) is 5.11. The molecule has 0 fully saturated rings. The van der Waals surface area contributed by atoms with Crippen LogP contribution >= 0.6 is 15.9 Å². The van der Waals surface area contributed by atoms with Crippen LogP contribution in [-0.4, -0.2) is 21.4 Å². The molecule has 0 radical (unpaired) electrons.